The van der Waals surface area contributed by atoms with Crippen molar-refractivity contribution in [3.8, 4) is 12.3 Å². The van der Waals surface area contributed by atoms with Crippen molar-refractivity contribution in [1.82, 2.24) is 4.98 Å². The summed E-state index contributed by atoms with van der Waals surface area (Å²) in [4.78, 5) is 3.89. The number of fused-ring (bicyclic) bond motifs is 1. The van der Waals surface area contributed by atoms with Crippen LogP contribution in [-0.4, -0.2) is 4.98 Å². The molecule has 0 aliphatic carbocycles. The minimum absolute atomic E-state index is 0.891. The number of hydrogen-bond donors (Lipinski definition) is 0. The van der Waals surface area contributed by atoms with E-state index in [2.05, 4.69) is 17.1 Å². The van der Waals surface area contributed by atoms with Crippen LogP contribution in [0.15, 0.2) is 30.5 Å². The molecule has 0 fully saturated rings. The van der Waals surface area contributed by atoms with Crippen LogP contribution in [0, 0.1) is 18.5 Å². The topological polar surface area (TPSA) is 12.9 Å². The Bertz CT molecular complexity index is 452. The Morgan fingerprint density at radius 3 is 3.08 bits per heavy atom. The van der Waals surface area contributed by atoms with Gasteiger partial charge in [-0.05, 0) is 23.6 Å². The summed E-state index contributed by atoms with van der Waals surface area (Å²) in [7, 11) is 0. The second-order valence-electron chi connectivity index (χ2n) is 2.52. The molecule has 1 radical (unpaired) electrons. The van der Waals surface area contributed by atoms with Crippen LogP contribution in [0.25, 0.3) is 10.8 Å². The molecule has 0 saturated heterocycles. The maximum absolute atomic E-state index is 5.27. The fraction of sp³-hybridized carbons (Fsp3) is 0. The second kappa shape index (κ2) is 2.67. The summed E-state index contributed by atoms with van der Waals surface area (Å²) in [6.07, 6.45) is 9.81. The molecule has 0 atom stereocenters. The highest BCUT2D eigenvalue weighted by Crippen LogP contribution is 2.12. The molecule has 0 aliphatic heterocycles. The van der Waals surface area contributed by atoms with Gasteiger partial charge in [0.25, 0.3) is 0 Å². The van der Waals surface area contributed by atoms with Gasteiger partial charge in [0.1, 0.15) is 0 Å². The van der Waals surface area contributed by atoms with Crippen LogP contribution in [-0.2, 0) is 0 Å². The number of pyridine rings is 1. The van der Waals surface area contributed by atoms with Gasteiger partial charge in [-0.1, -0.05) is 12.0 Å². The Kier molecular flexibility index (Phi) is 1.53. The first-order valence-corrected chi connectivity index (χ1v) is 3.62. The molecule has 1 aromatic heterocycles. The Labute approximate surface area is 71.1 Å². The highest BCUT2D eigenvalue weighted by Gasteiger charge is 1.92. The summed E-state index contributed by atoms with van der Waals surface area (Å²) in [6, 6.07) is 7.65. The van der Waals surface area contributed by atoms with E-state index in [0.717, 1.165) is 16.3 Å². The Morgan fingerprint density at radius 1 is 1.33 bits per heavy atom. The second-order valence-corrected chi connectivity index (χ2v) is 2.52. The van der Waals surface area contributed by atoms with E-state index in [1.807, 2.05) is 24.3 Å². The van der Waals surface area contributed by atoms with Crippen molar-refractivity contribution in [2.24, 2.45) is 0 Å². The predicted octanol–water partition coefficient (Wildman–Crippen LogP) is 2.02. The van der Waals surface area contributed by atoms with Gasteiger partial charge in [-0.15, -0.1) is 6.42 Å². The highest BCUT2D eigenvalue weighted by atomic mass is 14.6. The minimum atomic E-state index is 0.891. The zero-order valence-corrected chi connectivity index (χ0v) is 6.41. The van der Waals surface area contributed by atoms with E-state index in [9.17, 15) is 0 Å². The molecule has 1 heterocycles. The number of terminal acetylenes is 1. The molecule has 2 rings (SSSR count). The van der Waals surface area contributed by atoms with Crippen molar-refractivity contribution in [3.05, 3.63) is 42.2 Å². The lowest BCUT2D eigenvalue weighted by Gasteiger charge is -1.95. The summed E-state index contributed by atoms with van der Waals surface area (Å²) >= 11 is 0. The van der Waals surface area contributed by atoms with Crippen molar-refractivity contribution in [1.29, 1.82) is 0 Å². The van der Waals surface area contributed by atoms with E-state index in [-0.39, 0.29) is 0 Å². The van der Waals surface area contributed by atoms with Gasteiger partial charge in [0.2, 0.25) is 0 Å². The first-order chi connectivity index (χ1) is 5.90. The zero-order chi connectivity index (χ0) is 8.39. The lowest BCUT2D eigenvalue weighted by Crippen LogP contribution is -1.77. The molecular weight excluding hydrogens is 146 g/mol. The van der Waals surface area contributed by atoms with E-state index >= 15 is 0 Å². The molecule has 0 bridgehead atoms. The minimum Gasteiger partial charge on any atom is -0.254 e. The number of rotatable bonds is 0. The van der Waals surface area contributed by atoms with Crippen molar-refractivity contribution < 1.29 is 0 Å². The quantitative estimate of drug-likeness (QED) is 0.526. The van der Waals surface area contributed by atoms with Crippen LogP contribution in [0.4, 0.5) is 0 Å². The van der Waals surface area contributed by atoms with Crippen molar-refractivity contribution in [2.75, 3.05) is 0 Å². The molecule has 2 aromatic rings. The number of benzene rings is 1. The normalized spacial score (nSPS) is 9.58. The maximum Gasteiger partial charge on any atom is 0.0892 e. The Hall–Kier alpha value is -1.81. The number of hydrogen-bond acceptors (Lipinski definition) is 1. The molecule has 1 aromatic carbocycles. The van der Waals surface area contributed by atoms with Crippen LogP contribution in [0.5, 0.6) is 0 Å². The molecule has 0 aliphatic rings. The third-order valence-corrected chi connectivity index (χ3v) is 1.75. The first kappa shape index (κ1) is 6.87. The molecule has 0 unspecified atom stereocenters. The summed E-state index contributed by atoms with van der Waals surface area (Å²) < 4.78 is 0. The molecule has 55 valence electrons. The van der Waals surface area contributed by atoms with Crippen LogP contribution in [0.2, 0.25) is 0 Å². The predicted molar refractivity (Wildman–Crippen MR) is 48.5 cm³/mol. The van der Waals surface area contributed by atoms with Gasteiger partial charge >= 0.3 is 0 Å². The monoisotopic (exact) mass is 152 g/mol. The number of nitrogens with zero attached hydrogens (tertiary/aromatic N) is 1. The van der Waals surface area contributed by atoms with Crippen LogP contribution < -0.4 is 0 Å². The van der Waals surface area contributed by atoms with Gasteiger partial charge in [0.05, 0.1) is 6.20 Å². The zero-order valence-electron chi connectivity index (χ0n) is 6.41. The van der Waals surface area contributed by atoms with Crippen molar-refractivity contribution >= 4 is 10.8 Å². The lowest BCUT2D eigenvalue weighted by atomic mass is 10.1. The van der Waals surface area contributed by atoms with E-state index in [1.54, 1.807) is 6.20 Å². The molecule has 0 spiro atoms. The average Bonchev–Trinajstić information content (AvgIpc) is 2.17. The fourth-order valence-corrected chi connectivity index (χ4v) is 1.12. The van der Waals surface area contributed by atoms with Crippen LogP contribution in [0.3, 0.4) is 0 Å². The Morgan fingerprint density at radius 2 is 2.25 bits per heavy atom. The third-order valence-electron chi connectivity index (χ3n) is 1.75. The van der Waals surface area contributed by atoms with E-state index in [1.165, 1.54) is 0 Å². The van der Waals surface area contributed by atoms with E-state index < -0.39 is 0 Å². The number of aromatic nitrogens is 1. The van der Waals surface area contributed by atoms with Crippen molar-refractivity contribution in [3.63, 3.8) is 0 Å². The van der Waals surface area contributed by atoms with E-state index in [4.69, 9.17) is 6.42 Å². The molecule has 1 heteroatoms. The van der Waals surface area contributed by atoms with E-state index in [0.29, 0.717) is 0 Å². The molecule has 0 saturated carbocycles. The molecule has 0 amide bonds. The SMILES string of the molecule is C#Cc1ccc2cn[c]cc2c1. The third kappa shape index (κ3) is 1.04. The summed E-state index contributed by atoms with van der Waals surface area (Å²) in [5.74, 6) is 2.58. The molecular formula is C11H6N. The van der Waals surface area contributed by atoms with Gasteiger partial charge in [-0.2, -0.15) is 0 Å². The summed E-state index contributed by atoms with van der Waals surface area (Å²) in [5.41, 5.74) is 0.891. The fourth-order valence-electron chi connectivity index (χ4n) is 1.12. The van der Waals surface area contributed by atoms with Gasteiger partial charge in [-0.3, -0.25) is 4.98 Å². The van der Waals surface area contributed by atoms with Gasteiger partial charge in [0, 0.05) is 17.1 Å². The van der Waals surface area contributed by atoms with Crippen molar-refractivity contribution in [2.45, 2.75) is 0 Å². The first-order valence-electron chi connectivity index (χ1n) is 3.62. The molecule has 12 heavy (non-hydrogen) atoms. The Balaban J connectivity index is 2.78. The largest absolute Gasteiger partial charge is 0.254 e. The molecule has 1 nitrogen and oxygen atoms in total. The average molecular weight is 152 g/mol. The summed E-state index contributed by atoms with van der Waals surface area (Å²) in [5, 5.41) is 2.17. The van der Waals surface area contributed by atoms with Crippen LogP contribution >= 0.6 is 0 Å². The maximum atomic E-state index is 5.27. The standard InChI is InChI=1S/C11H6N/c1-2-9-3-4-11-8-12-6-5-10(11)7-9/h1,3-5,7-8H. The van der Waals surface area contributed by atoms with Gasteiger partial charge in [-0.25, -0.2) is 0 Å². The smallest absolute Gasteiger partial charge is 0.0892 e. The lowest BCUT2D eigenvalue weighted by molar-refractivity contribution is 1.35. The highest BCUT2D eigenvalue weighted by molar-refractivity contribution is 5.82. The van der Waals surface area contributed by atoms with Crippen LogP contribution in [0.1, 0.15) is 5.56 Å². The van der Waals surface area contributed by atoms with Gasteiger partial charge in [0.15, 0.2) is 0 Å². The van der Waals surface area contributed by atoms with Gasteiger partial charge < -0.3 is 0 Å². The summed E-state index contributed by atoms with van der Waals surface area (Å²) in [6.45, 7) is 0. The molecule has 0 N–H and O–H groups in total.